The molecule has 144 valence electrons. The van der Waals surface area contributed by atoms with Crippen molar-refractivity contribution in [3.63, 3.8) is 0 Å². The number of esters is 1. The second-order valence-corrected chi connectivity index (χ2v) is 6.29. The Morgan fingerprint density at radius 2 is 1.74 bits per heavy atom. The van der Waals surface area contributed by atoms with Crippen molar-refractivity contribution in [2.75, 3.05) is 19.5 Å². The molecule has 0 spiro atoms. The molecule has 0 unspecified atom stereocenters. The summed E-state index contributed by atoms with van der Waals surface area (Å²) < 4.78 is 15.6. The summed E-state index contributed by atoms with van der Waals surface area (Å²) in [6, 6.07) is 12.1. The van der Waals surface area contributed by atoms with Gasteiger partial charge < -0.3 is 19.5 Å². The van der Waals surface area contributed by atoms with Gasteiger partial charge in [-0.25, -0.2) is 0 Å². The van der Waals surface area contributed by atoms with Gasteiger partial charge in [0.2, 0.25) is 0 Å². The number of halogens is 1. The molecule has 0 saturated heterocycles. The van der Waals surface area contributed by atoms with Gasteiger partial charge in [-0.2, -0.15) is 0 Å². The van der Waals surface area contributed by atoms with Gasteiger partial charge >= 0.3 is 5.97 Å². The monoisotopic (exact) mass is 391 g/mol. The molecule has 1 amide bonds. The number of methoxy groups -OCH3 is 2. The Morgan fingerprint density at radius 1 is 1.07 bits per heavy atom. The first-order valence-electron chi connectivity index (χ1n) is 8.39. The standard InChI is InChI=1S/C20H22ClNO5/c1-13(20(24)22-16-6-4-5-15(21)11-16)27-19(23)8-7-14-9-17(25-2)12-18(10-14)26-3/h4-6,9-13H,7-8H2,1-3H3,(H,22,24)/t13-/m1/s1. The maximum atomic E-state index is 12.1. The molecule has 27 heavy (non-hydrogen) atoms. The topological polar surface area (TPSA) is 73.9 Å². The number of ether oxygens (including phenoxy) is 3. The van der Waals surface area contributed by atoms with Gasteiger partial charge in [-0.1, -0.05) is 17.7 Å². The normalized spacial score (nSPS) is 11.4. The number of benzene rings is 2. The van der Waals surface area contributed by atoms with Crippen LogP contribution in [0.4, 0.5) is 5.69 Å². The van der Waals surface area contributed by atoms with Crippen molar-refractivity contribution in [2.45, 2.75) is 25.9 Å². The number of anilines is 1. The van der Waals surface area contributed by atoms with E-state index in [-0.39, 0.29) is 6.42 Å². The van der Waals surface area contributed by atoms with Crippen molar-refractivity contribution in [2.24, 2.45) is 0 Å². The molecule has 0 aliphatic carbocycles. The van der Waals surface area contributed by atoms with Gasteiger partial charge in [-0.05, 0) is 49.2 Å². The van der Waals surface area contributed by atoms with Crippen LogP contribution in [0.1, 0.15) is 18.9 Å². The Labute approximate surface area is 163 Å². The Bertz CT molecular complexity index is 786. The van der Waals surface area contributed by atoms with Gasteiger partial charge in [-0.3, -0.25) is 9.59 Å². The van der Waals surface area contributed by atoms with Crippen molar-refractivity contribution >= 4 is 29.2 Å². The Balaban J connectivity index is 1.86. The molecule has 6 nitrogen and oxygen atoms in total. The third kappa shape index (κ3) is 6.49. The summed E-state index contributed by atoms with van der Waals surface area (Å²) in [5.74, 6) is 0.401. The minimum absolute atomic E-state index is 0.130. The van der Waals surface area contributed by atoms with Crippen LogP contribution >= 0.6 is 11.6 Å². The predicted octanol–water partition coefficient (Wildman–Crippen LogP) is 3.86. The number of rotatable bonds is 8. The zero-order valence-electron chi connectivity index (χ0n) is 15.5. The van der Waals surface area contributed by atoms with E-state index in [9.17, 15) is 9.59 Å². The lowest BCUT2D eigenvalue weighted by atomic mass is 10.1. The molecule has 0 aliphatic rings. The van der Waals surface area contributed by atoms with Crippen LogP contribution in [0.3, 0.4) is 0 Å². The van der Waals surface area contributed by atoms with E-state index in [2.05, 4.69) is 5.32 Å². The number of nitrogens with one attached hydrogen (secondary N) is 1. The average Bonchev–Trinajstić information content (AvgIpc) is 2.66. The van der Waals surface area contributed by atoms with Crippen molar-refractivity contribution < 1.29 is 23.8 Å². The fraction of sp³-hybridized carbons (Fsp3) is 0.300. The number of hydrogen-bond acceptors (Lipinski definition) is 5. The van der Waals surface area contributed by atoms with Crippen molar-refractivity contribution in [3.05, 3.63) is 53.1 Å². The van der Waals surface area contributed by atoms with Crippen LogP contribution in [0.5, 0.6) is 11.5 Å². The summed E-state index contributed by atoms with van der Waals surface area (Å²) in [5.41, 5.74) is 1.41. The number of amides is 1. The summed E-state index contributed by atoms with van der Waals surface area (Å²) in [4.78, 5) is 24.2. The second kappa shape index (κ2) is 9.83. The summed E-state index contributed by atoms with van der Waals surface area (Å²) in [5, 5.41) is 3.16. The van der Waals surface area contributed by atoms with Crippen LogP contribution in [0.25, 0.3) is 0 Å². The molecule has 0 aliphatic heterocycles. The largest absolute Gasteiger partial charge is 0.497 e. The number of hydrogen-bond donors (Lipinski definition) is 1. The molecule has 7 heteroatoms. The minimum atomic E-state index is -0.920. The van der Waals surface area contributed by atoms with Crippen LogP contribution in [-0.2, 0) is 20.7 Å². The van der Waals surface area contributed by atoms with E-state index < -0.39 is 18.0 Å². The molecule has 2 aromatic rings. The minimum Gasteiger partial charge on any atom is -0.497 e. The highest BCUT2D eigenvalue weighted by Gasteiger charge is 2.18. The zero-order valence-corrected chi connectivity index (χ0v) is 16.2. The number of carbonyl (C=O) groups is 2. The summed E-state index contributed by atoms with van der Waals surface area (Å²) in [6.45, 7) is 1.52. The number of aryl methyl sites for hydroxylation is 1. The maximum absolute atomic E-state index is 12.1. The fourth-order valence-electron chi connectivity index (χ4n) is 2.38. The molecular formula is C20H22ClNO5. The van der Waals surface area contributed by atoms with Crippen LogP contribution in [0, 0.1) is 0 Å². The molecule has 0 bridgehead atoms. The van der Waals surface area contributed by atoms with E-state index in [0.717, 1.165) is 5.56 Å². The molecule has 1 N–H and O–H groups in total. The smallest absolute Gasteiger partial charge is 0.306 e. The molecule has 0 radical (unpaired) electrons. The molecule has 0 aromatic heterocycles. The van der Waals surface area contributed by atoms with Crippen molar-refractivity contribution in [3.8, 4) is 11.5 Å². The van der Waals surface area contributed by atoms with E-state index in [1.54, 1.807) is 44.6 Å². The third-order valence-corrected chi connectivity index (χ3v) is 4.03. The van der Waals surface area contributed by atoms with Crippen LogP contribution < -0.4 is 14.8 Å². The van der Waals surface area contributed by atoms with E-state index in [4.69, 9.17) is 25.8 Å². The highest BCUT2D eigenvalue weighted by atomic mass is 35.5. The summed E-state index contributed by atoms with van der Waals surface area (Å²) in [7, 11) is 3.13. The fourth-order valence-corrected chi connectivity index (χ4v) is 2.57. The lowest BCUT2D eigenvalue weighted by Crippen LogP contribution is -2.30. The highest BCUT2D eigenvalue weighted by Crippen LogP contribution is 2.23. The van der Waals surface area contributed by atoms with E-state index in [1.807, 2.05) is 12.1 Å². The van der Waals surface area contributed by atoms with Crippen LogP contribution in [0.15, 0.2) is 42.5 Å². The lowest BCUT2D eigenvalue weighted by molar-refractivity contribution is -0.153. The third-order valence-electron chi connectivity index (χ3n) is 3.80. The Morgan fingerprint density at radius 3 is 2.33 bits per heavy atom. The van der Waals surface area contributed by atoms with Crippen LogP contribution in [-0.4, -0.2) is 32.2 Å². The lowest BCUT2D eigenvalue weighted by Gasteiger charge is -2.14. The average molecular weight is 392 g/mol. The molecule has 0 fully saturated rings. The summed E-state index contributed by atoms with van der Waals surface area (Å²) in [6.07, 6.45) is -0.350. The molecular weight excluding hydrogens is 370 g/mol. The van der Waals surface area contributed by atoms with Gasteiger partial charge in [0.25, 0.3) is 5.91 Å². The van der Waals surface area contributed by atoms with Gasteiger partial charge in [-0.15, -0.1) is 0 Å². The molecule has 2 rings (SSSR count). The van der Waals surface area contributed by atoms with E-state index >= 15 is 0 Å². The van der Waals surface area contributed by atoms with Gasteiger partial charge in [0, 0.05) is 23.2 Å². The Kier molecular flexibility index (Phi) is 7.49. The SMILES string of the molecule is COc1cc(CCC(=O)O[C@H](C)C(=O)Nc2cccc(Cl)c2)cc(OC)c1. The van der Waals surface area contributed by atoms with E-state index in [0.29, 0.717) is 28.6 Å². The quantitative estimate of drug-likeness (QED) is 0.691. The first kappa shape index (κ1) is 20.6. The molecule has 1 atom stereocenters. The maximum Gasteiger partial charge on any atom is 0.306 e. The summed E-state index contributed by atoms with van der Waals surface area (Å²) >= 11 is 5.88. The van der Waals surface area contributed by atoms with Gasteiger partial charge in [0.15, 0.2) is 6.10 Å². The van der Waals surface area contributed by atoms with Crippen LogP contribution in [0.2, 0.25) is 5.02 Å². The van der Waals surface area contributed by atoms with E-state index in [1.165, 1.54) is 6.92 Å². The van der Waals surface area contributed by atoms with Crippen molar-refractivity contribution in [1.29, 1.82) is 0 Å². The van der Waals surface area contributed by atoms with Gasteiger partial charge in [0.05, 0.1) is 14.2 Å². The first-order chi connectivity index (χ1) is 12.9. The first-order valence-corrected chi connectivity index (χ1v) is 8.77. The zero-order chi connectivity index (χ0) is 19.8. The Hall–Kier alpha value is -2.73. The highest BCUT2D eigenvalue weighted by molar-refractivity contribution is 6.30. The molecule has 0 saturated carbocycles. The predicted molar refractivity (Wildman–Crippen MR) is 104 cm³/mol. The van der Waals surface area contributed by atoms with Gasteiger partial charge in [0.1, 0.15) is 11.5 Å². The van der Waals surface area contributed by atoms with Crippen molar-refractivity contribution in [1.82, 2.24) is 0 Å². The number of carbonyl (C=O) groups excluding carboxylic acids is 2. The second-order valence-electron chi connectivity index (χ2n) is 5.85. The molecule has 0 heterocycles. The molecule has 2 aromatic carbocycles.